The highest BCUT2D eigenvalue weighted by Crippen LogP contribution is 2.39. The molecule has 2 rings (SSSR count). The van der Waals surface area contributed by atoms with E-state index in [1.165, 1.54) is 14.2 Å². The quantitative estimate of drug-likeness (QED) is 0.796. The lowest BCUT2D eigenvalue weighted by molar-refractivity contribution is -0.148. The summed E-state index contributed by atoms with van der Waals surface area (Å²) in [4.78, 5) is 11.8. The molecule has 5 heteroatoms. The summed E-state index contributed by atoms with van der Waals surface area (Å²) in [7, 11) is 2.88. The minimum absolute atomic E-state index is 0.126. The van der Waals surface area contributed by atoms with Crippen molar-refractivity contribution >= 4 is 5.97 Å². The number of esters is 1. The molecular formula is C15H19FO4. The Morgan fingerprint density at radius 3 is 2.75 bits per heavy atom. The molecule has 0 fully saturated rings. The van der Waals surface area contributed by atoms with Crippen molar-refractivity contribution in [2.45, 2.75) is 26.2 Å². The lowest BCUT2D eigenvalue weighted by atomic mass is 9.83. The van der Waals surface area contributed by atoms with Gasteiger partial charge in [0.2, 0.25) is 0 Å². The molecular weight excluding hydrogens is 263 g/mol. The third-order valence-electron chi connectivity index (χ3n) is 3.63. The zero-order valence-corrected chi connectivity index (χ0v) is 12.0. The number of fused-ring (bicyclic) bond motifs is 1. The first-order valence-corrected chi connectivity index (χ1v) is 6.71. The molecule has 1 atom stereocenters. The van der Waals surface area contributed by atoms with Crippen molar-refractivity contribution in [2.24, 2.45) is 5.92 Å². The van der Waals surface area contributed by atoms with Crippen molar-refractivity contribution < 1.29 is 23.4 Å². The molecule has 1 unspecified atom stereocenters. The Morgan fingerprint density at radius 1 is 1.40 bits per heavy atom. The van der Waals surface area contributed by atoms with Gasteiger partial charge in [0.25, 0.3) is 0 Å². The molecule has 0 bridgehead atoms. The molecule has 0 saturated heterocycles. The van der Waals surface area contributed by atoms with Gasteiger partial charge in [0, 0.05) is 0 Å². The monoisotopic (exact) mass is 282 g/mol. The van der Waals surface area contributed by atoms with Gasteiger partial charge in [-0.2, -0.15) is 0 Å². The van der Waals surface area contributed by atoms with E-state index in [1.54, 1.807) is 13.0 Å². The Labute approximate surface area is 117 Å². The summed E-state index contributed by atoms with van der Waals surface area (Å²) in [6.45, 7) is 2.14. The predicted octanol–water partition coefficient (Wildman–Crippen LogP) is 2.51. The first-order chi connectivity index (χ1) is 9.62. The van der Waals surface area contributed by atoms with Crippen LogP contribution in [0.4, 0.5) is 4.39 Å². The lowest BCUT2D eigenvalue weighted by Crippen LogP contribution is -2.25. The maximum Gasteiger partial charge on any atom is 0.309 e. The van der Waals surface area contributed by atoms with Gasteiger partial charge >= 0.3 is 5.97 Å². The fraction of sp³-hybridized carbons (Fsp3) is 0.533. The highest BCUT2D eigenvalue weighted by Gasteiger charge is 2.30. The molecule has 1 aliphatic carbocycles. The third kappa shape index (κ3) is 2.57. The molecule has 0 radical (unpaired) electrons. The van der Waals surface area contributed by atoms with E-state index < -0.39 is 0 Å². The van der Waals surface area contributed by atoms with Crippen molar-refractivity contribution in [2.75, 3.05) is 20.8 Å². The molecule has 0 N–H and O–H groups in total. The van der Waals surface area contributed by atoms with Crippen LogP contribution in [0.3, 0.4) is 0 Å². The van der Waals surface area contributed by atoms with Crippen molar-refractivity contribution in [3.63, 3.8) is 0 Å². The minimum Gasteiger partial charge on any atom is -0.493 e. The number of hydrogen-bond donors (Lipinski definition) is 0. The van der Waals surface area contributed by atoms with Crippen LogP contribution in [0.15, 0.2) is 6.07 Å². The molecule has 0 heterocycles. The van der Waals surface area contributed by atoms with Gasteiger partial charge < -0.3 is 14.2 Å². The van der Waals surface area contributed by atoms with E-state index in [0.29, 0.717) is 37.2 Å². The molecule has 4 nitrogen and oxygen atoms in total. The number of hydrogen-bond acceptors (Lipinski definition) is 4. The van der Waals surface area contributed by atoms with Crippen LogP contribution in [-0.4, -0.2) is 26.8 Å². The number of ether oxygens (including phenoxy) is 3. The average molecular weight is 282 g/mol. The normalized spacial score (nSPS) is 17.3. The van der Waals surface area contributed by atoms with Gasteiger partial charge in [0.05, 0.1) is 26.7 Å². The van der Waals surface area contributed by atoms with Crippen LogP contribution in [0.1, 0.15) is 24.5 Å². The van der Waals surface area contributed by atoms with Crippen LogP contribution in [0, 0.1) is 11.7 Å². The first-order valence-electron chi connectivity index (χ1n) is 6.71. The van der Waals surface area contributed by atoms with Gasteiger partial charge in [-0.25, -0.2) is 4.39 Å². The van der Waals surface area contributed by atoms with Crippen LogP contribution in [0.2, 0.25) is 0 Å². The van der Waals surface area contributed by atoms with Crippen molar-refractivity contribution in [1.29, 1.82) is 0 Å². The highest BCUT2D eigenvalue weighted by atomic mass is 19.1. The van der Waals surface area contributed by atoms with Crippen LogP contribution < -0.4 is 9.47 Å². The largest absolute Gasteiger partial charge is 0.493 e. The summed E-state index contributed by atoms with van der Waals surface area (Å²) in [5.41, 5.74) is 1.41. The molecule has 0 saturated carbocycles. The number of methoxy groups -OCH3 is 2. The summed E-state index contributed by atoms with van der Waals surface area (Å²) in [5.74, 6) is -0.327. The molecule has 1 aromatic carbocycles. The third-order valence-corrected chi connectivity index (χ3v) is 3.63. The van der Waals surface area contributed by atoms with Crippen LogP contribution in [-0.2, 0) is 22.4 Å². The number of rotatable bonds is 4. The zero-order chi connectivity index (χ0) is 14.7. The number of benzene rings is 1. The van der Waals surface area contributed by atoms with Gasteiger partial charge in [0.15, 0.2) is 17.3 Å². The van der Waals surface area contributed by atoms with E-state index in [9.17, 15) is 9.18 Å². The standard InChI is InChI=1S/C15H19FO4/c1-4-20-15(17)9-5-6-11-10(7-9)8-12(18-2)14(19-3)13(11)16/h8-9H,4-7H2,1-3H3. The molecule has 20 heavy (non-hydrogen) atoms. The molecule has 0 spiro atoms. The number of carbonyl (C=O) groups excluding carboxylic acids is 1. The molecule has 110 valence electrons. The van der Waals surface area contributed by atoms with Gasteiger partial charge in [-0.15, -0.1) is 0 Å². The van der Waals surface area contributed by atoms with E-state index in [1.807, 2.05) is 0 Å². The van der Waals surface area contributed by atoms with Crippen molar-refractivity contribution in [1.82, 2.24) is 0 Å². The molecule has 0 amide bonds. The van der Waals surface area contributed by atoms with E-state index in [2.05, 4.69) is 0 Å². The maximum atomic E-state index is 14.4. The first kappa shape index (κ1) is 14.6. The van der Waals surface area contributed by atoms with Crippen LogP contribution in [0.5, 0.6) is 11.5 Å². The Hall–Kier alpha value is -1.78. The Bertz CT molecular complexity index is 513. The summed E-state index contributed by atoms with van der Waals surface area (Å²) in [6.07, 6.45) is 1.58. The summed E-state index contributed by atoms with van der Waals surface area (Å²) < 4.78 is 29.6. The van der Waals surface area contributed by atoms with E-state index >= 15 is 0 Å². The predicted molar refractivity (Wildman–Crippen MR) is 71.7 cm³/mol. The molecule has 1 aromatic rings. The topological polar surface area (TPSA) is 44.8 Å². The Kier molecular flexibility index (Phi) is 4.47. The second-order valence-corrected chi connectivity index (χ2v) is 4.76. The second kappa shape index (κ2) is 6.11. The fourth-order valence-corrected chi connectivity index (χ4v) is 2.64. The van der Waals surface area contributed by atoms with E-state index in [-0.39, 0.29) is 23.5 Å². The molecule has 0 aromatic heterocycles. The molecule has 1 aliphatic rings. The fourth-order valence-electron chi connectivity index (χ4n) is 2.64. The van der Waals surface area contributed by atoms with Crippen molar-refractivity contribution in [3.05, 3.63) is 23.0 Å². The van der Waals surface area contributed by atoms with Crippen LogP contribution >= 0.6 is 0 Å². The summed E-state index contributed by atoms with van der Waals surface area (Å²) >= 11 is 0. The summed E-state index contributed by atoms with van der Waals surface area (Å²) in [5, 5.41) is 0. The smallest absolute Gasteiger partial charge is 0.309 e. The maximum absolute atomic E-state index is 14.4. The van der Waals surface area contributed by atoms with Gasteiger partial charge in [-0.1, -0.05) is 0 Å². The summed E-state index contributed by atoms with van der Waals surface area (Å²) in [6, 6.07) is 1.75. The Balaban J connectivity index is 2.33. The lowest BCUT2D eigenvalue weighted by Gasteiger charge is -2.25. The van der Waals surface area contributed by atoms with Gasteiger partial charge in [-0.05, 0) is 43.4 Å². The van der Waals surface area contributed by atoms with Gasteiger partial charge in [0.1, 0.15) is 0 Å². The van der Waals surface area contributed by atoms with Crippen molar-refractivity contribution in [3.8, 4) is 11.5 Å². The number of halogens is 1. The highest BCUT2D eigenvalue weighted by molar-refractivity contribution is 5.73. The second-order valence-electron chi connectivity index (χ2n) is 4.76. The number of carbonyl (C=O) groups is 1. The van der Waals surface area contributed by atoms with Crippen LogP contribution in [0.25, 0.3) is 0 Å². The molecule has 0 aliphatic heterocycles. The minimum atomic E-state index is -0.385. The zero-order valence-electron chi connectivity index (χ0n) is 12.0. The average Bonchev–Trinajstić information content (AvgIpc) is 2.46. The van der Waals surface area contributed by atoms with E-state index in [4.69, 9.17) is 14.2 Å². The van der Waals surface area contributed by atoms with E-state index in [0.717, 1.165) is 5.56 Å². The SMILES string of the molecule is CCOC(=O)C1CCc2c(cc(OC)c(OC)c2F)C1. The Morgan fingerprint density at radius 2 is 2.15 bits per heavy atom. The van der Waals surface area contributed by atoms with Gasteiger partial charge in [-0.3, -0.25) is 4.79 Å².